The molecule has 2 atom stereocenters. The minimum Gasteiger partial charge on any atom is -0.316 e. The van der Waals surface area contributed by atoms with Crippen LogP contribution in [0, 0.1) is 11.8 Å². The molecule has 0 spiro atoms. The van der Waals surface area contributed by atoms with E-state index in [-0.39, 0.29) is 0 Å². The molecule has 2 N–H and O–H groups in total. The second-order valence-electron chi connectivity index (χ2n) is 5.00. The summed E-state index contributed by atoms with van der Waals surface area (Å²) in [7, 11) is -1.52. The maximum Gasteiger partial charge on any atom is 0.240 e. The van der Waals surface area contributed by atoms with Crippen molar-refractivity contribution in [2.24, 2.45) is 11.8 Å². The van der Waals surface area contributed by atoms with Gasteiger partial charge >= 0.3 is 0 Å². The van der Waals surface area contributed by atoms with Gasteiger partial charge in [0.25, 0.3) is 0 Å². The highest BCUT2D eigenvalue weighted by molar-refractivity contribution is 7.89. The third-order valence-electron chi connectivity index (χ3n) is 3.40. The maximum absolute atomic E-state index is 12.1. The van der Waals surface area contributed by atoms with Crippen molar-refractivity contribution in [1.82, 2.24) is 10.0 Å². The molecule has 0 saturated heterocycles. The number of hydrogen-bond acceptors (Lipinski definition) is 3. The van der Waals surface area contributed by atoms with E-state index in [2.05, 4.69) is 17.0 Å². The van der Waals surface area contributed by atoms with Gasteiger partial charge < -0.3 is 5.32 Å². The van der Waals surface area contributed by atoms with E-state index >= 15 is 0 Å². The highest BCUT2D eigenvalue weighted by Gasteiger charge is 2.33. The van der Waals surface area contributed by atoms with Crippen LogP contribution in [0.1, 0.15) is 18.9 Å². The second kappa shape index (κ2) is 5.38. The van der Waals surface area contributed by atoms with E-state index in [9.17, 15) is 8.42 Å². The van der Waals surface area contributed by atoms with Crippen molar-refractivity contribution in [1.29, 1.82) is 0 Å². The molecular weight excluding hydrogens is 248 g/mol. The van der Waals surface area contributed by atoms with Crippen LogP contribution in [0.5, 0.6) is 0 Å². The van der Waals surface area contributed by atoms with Crippen LogP contribution in [0.15, 0.2) is 29.2 Å². The summed E-state index contributed by atoms with van der Waals surface area (Å²) in [5.41, 5.74) is 0.972. The maximum atomic E-state index is 12.1. The Labute approximate surface area is 109 Å². The zero-order chi connectivity index (χ0) is 13.2. The van der Waals surface area contributed by atoms with E-state index in [0.29, 0.717) is 29.8 Å². The first-order valence-corrected chi connectivity index (χ1v) is 7.74. The molecule has 2 unspecified atom stereocenters. The molecule has 4 nitrogen and oxygen atoms in total. The first-order chi connectivity index (χ1) is 8.53. The first-order valence-electron chi connectivity index (χ1n) is 6.26. The average Bonchev–Trinajstić information content (AvgIpc) is 3.04. The van der Waals surface area contributed by atoms with Gasteiger partial charge in [-0.25, -0.2) is 13.1 Å². The number of sulfonamides is 1. The Kier molecular flexibility index (Phi) is 4.04. The molecule has 1 aliphatic carbocycles. The fraction of sp³-hybridized carbons (Fsp3) is 0.538. The van der Waals surface area contributed by atoms with Crippen LogP contribution in [0.25, 0.3) is 0 Å². The summed E-state index contributed by atoms with van der Waals surface area (Å²) >= 11 is 0. The lowest BCUT2D eigenvalue weighted by Crippen LogP contribution is -2.26. The number of rotatable bonds is 6. The second-order valence-corrected chi connectivity index (χ2v) is 6.77. The molecule has 100 valence electrons. The fourth-order valence-electron chi connectivity index (χ4n) is 2.01. The molecule has 1 aliphatic rings. The van der Waals surface area contributed by atoms with Crippen molar-refractivity contribution < 1.29 is 8.42 Å². The Balaban J connectivity index is 2.05. The lowest BCUT2D eigenvalue weighted by atomic mass is 10.2. The third kappa shape index (κ3) is 3.31. The van der Waals surface area contributed by atoms with Crippen molar-refractivity contribution in [2.45, 2.75) is 24.8 Å². The number of benzene rings is 1. The van der Waals surface area contributed by atoms with E-state index in [4.69, 9.17) is 0 Å². The summed E-state index contributed by atoms with van der Waals surface area (Å²) in [4.78, 5) is 0.351. The first kappa shape index (κ1) is 13.5. The highest BCUT2D eigenvalue weighted by atomic mass is 32.2. The summed E-state index contributed by atoms with van der Waals surface area (Å²) in [5, 5.41) is 3.01. The van der Waals surface area contributed by atoms with E-state index in [1.165, 1.54) is 0 Å². The van der Waals surface area contributed by atoms with Crippen LogP contribution in [0.3, 0.4) is 0 Å². The highest BCUT2D eigenvalue weighted by Crippen LogP contribution is 2.37. The number of nitrogens with one attached hydrogen (secondary N) is 2. The van der Waals surface area contributed by atoms with Crippen LogP contribution in [-0.2, 0) is 16.6 Å². The fourth-order valence-corrected chi connectivity index (χ4v) is 3.17. The minimum atomic E-state index is -3.36. The molecule has 1 aromatic rings. The average molecular weight is 268 g/mol. The standard InChI is InChI=1S/C13H20N2O2S/c1-10-6-12(10)9-15-18(16,17)13-5-3-4-11(7-13)8-14-2/h3-5,7,10,12,14-15H,6,8-9H2,1-2H3. The minimum absolute atomic E-state index is 0.351. The zero-order valence-electron chi connectivity index (χ0n) is 10.8. The van der Waals surface area contributed by atoms with Crippen molar-refractivity contribution in [3.05, 3.63) is 29.8 Å². The van der Waals surface area contributed by atoms with E-state index < -0.39 is 10.0 Å². The normalized spacial score (nSPS) is 23.0. The summed E-state index contributed by atoms with van der Waals surface area (Å²) in [5.74, 6) is 1.17. The molecule has 0 amide bonds. The van der Waals surface area contributed by atoms with Crippen LogP contribution in [0.4, 0.5) is 0 Å². The third-order valence-corrected chi connectivity index (χ3v) is 4.82. The summed E-state index contributed by atoms with van der Waals surface area (Å²) < 4.78 is 26.9. The monoisotopic (exact) mass is 268 g/mol. The van der Waals surface area contributed by atoms with E-state index in [1.54, 1.807) is 18.2 Å². The summed E-state index contributed by atoms with van der Waals surface area (Å²) in [6, 6.07) is 7.05. The van der Waals surface area contributed by atoms with Gasteiger partial charge in [-0.3, -0.25) is 0 Å². The van der Waals surface area contributed by atoms with Crippen molar-refractivity contribution in [3.8, 4) is 0 Å². The lowest BCUT2D eigenvalue weighted by molar-refractivity contribution is 0.574. The van der Waals surface area contributed by atoms with Crippen LogP contribution in [-0.4, -0.2) is 22.0 Å². The van der Waals surface area contributed by atoms with Gasteiger partial charge in [0, 0.05) is 13.1 Å². The van der Waals surface area contributed by atoms with Crippen LogP contribution in [0.2, 0.25) is 0 Å². The van der Waals surface area contributed by atoms with Crippen LogP contribution < -0.4 is 10.0 Å². The molecule has 18 heavy (non-hydrogen) atoms. The van der Waals surface area contributed by atoms with E-state index in [1.807, 2.05) is 13.1 Å². The van der Waals surface area contributed by atoms with Gasteiger partial charge in [0.05, 0.1) is 4.90 Å². The van der Waals surface area contributed by atoms with E-state index in [0.717, 1.165) is 12.0 Å². The summed E-state index contributed by atoms with van der Waals surface area (Å²) in [6.45, 7) is 3.37. The summed E-state index contributed by atoms with van der Waals surface area (Å²) in [6.07, 6.45) is 1.13. The predicted molar refractivity (Wildman–Crippen MR) is 71.7 cm³/mol. The van der Waals surface area contributed by atoms with Gasteiger partial charge in [-0.05, 0) is 43.0 Å². The van der Waals surface area contributed by atoms with Crippen LogP contribution >= 0.6 is 0 Å². The molecule has 0 heterocycles. The zero-order valence-corrected chi connectivity index (χ0v) is 11.6. The molecule has 0 bridgehead atoms. The molecule has 1 fully saturated rings. The van der Waals surface area contributed by atoms with Gasteiger partial charge in [-0.1, -0.05) is 19.1 Å². The van der Waals surface area contributed by atoms with Crippen molar-refractivity contribution >= 4 is 10.0 Å². The van der Waals surface area contributed by atoms with Crippen molar-refractivity contribution in [2.75, 3.05) is 13.6 Å². The SMILES string of the molecule is CNCc1cccc(S(=O)(=O)NCC2CC2C)c1. The number of hydrogen-bond donors (Lipinski definition) is 2. The molecule has 1 saturated carbocycles. The van der Waals surface area contributed by atoms with Gasteiger partial charge in [-0.2, -0.15) is 0 Å². The molecular formula is C13H20N2O2S. The lowest BCUT2D eigenvalue weighted by Gasteiger charge is -2.08. The Morgan fingerprint density at radius 3 is 2.72 bits per heavy atom. The van der Waals surface area contributed by atoms with Gasteiger partial charge in [0.2, 0.25) is 10.0 Å². The van der Waals surface area contributed by atoms with Gasteiger partial charge in [0.1, 0.15) is 0 Å². The molecule has 1 aromatic carbocycles. The Morgan fingerprint density at radius 2 is 2.11 bits per heavy atom. The molecule has 0 radical (unpaired) electrons. The quantitative estimate of drug-likeness (QED) is 0.818. The smallest absolute Gasteiger partial charge is 0.240 e. The van der Waals surface area contributed by atoms with Gasteiger partial charge in [-0.15, -0.1) is 0 Å². The Bertz CT molecular complexity index is 513. The topological polar surface area (TPSA) is 58.2 Å². The van der Waals surface area contributed by atoms with Crippen molar-refractivity contribution in [3.63, 3.8) is 0 Å². The Morgan fingerprint density at radius 1 is 1.39 bits per heavy atom. The molecule has 0 aromatic heterocycles. The molecule has 5 heteroatoms. The largest absolute Gasteiger partial charge is 0.316 e. The predicted octanol–water partition coefficient (Wildman–Crippen LogP) is 1.34. The molecule has 2 rings (SSSR count). The Hall–Kier alpha value is -0.910. The molecule has 0 aliphatic heterocycles. The van der Waals surface area contributed by atoms with Gasteiger partial charge in [0.15, 0.2) is 0 Å².